The standard InChI is InChI=1S/C27H52N2O3/c1-8-9-19-24(31)20-17-15-13-11-10-12-14-16-18-21-28-26(3,4)25(32)22-29(7)27(5,6)23(2)30/h15,17,24,28,31H,8-14,16,18-22H2,1-7H3/b17-15-/t24-/m1/s1. The van der Waals surface area contributed by atoms with Crippen molar-refractivity contribution in [2.24, 2.45) is 0 Å². The molecule has 0 saturated carbocycles. The van der Waals surface area contributed by atoms with E-state index in [0.717, 1.165) is 45.1 Å². The summed E-state index contributed by atoms with van der Waals surface area (Å²) in [6.07, 6.45) is 16.4. The molecule has 1 atom stereocenters. The van der Waals surface area contributed by atoms with Gasteiger partial charge in [-0.15, -0.1) is 0 Å². The summed E-state index contributed by atoms with van der Waals surface area (Å²) in [6, 6.07) is 0. The Morgan fingerprint density at radius 2 is 1.56 bits per heavy atom. The van der Waals surface area contributed by atoms with Gasteiger partial charge >= 0.3 is 0 Å². The Labute approximate surface area is 198 Å². The molecule has 0 bridgehead atoms. The van der Waals surface area contributed by atoms with Crippen molar-refractivity contribution in [2.75, 3.05) is 20.1 Å². The molecule has 0 aliphatic rings. The predicted octanol–water partition coefficient (Wildman–Crippen LogP) is 5.45. The maximum Gasteiger partial charge on any atom is 0.166 e. The van der Waals surface area contributed by atoms with Gasteiger partial charge in [0.05, 0.1) is 23.7 Å². The van der Waals surface area contributed by atoms with Gasteiger partial charge in [-0.2, -0.15) is 0 Å². The van der Waals surface area contributed by atoms with E-state index >= 15 is 0 Å². The van der Waals surface area contributed by atoms with Crippen LogP contribution in [0.25, 0.3) is 0 Å². The molecule has 5 nitrogen and oxygen atoms in total. The number of nitrogens with zero attached hydrogens (tertiary/aromatic N) is 1. The van der Waals surface area contributed by atoms with E-state index in [1.165, 1.54) is 32.1 Å². The zero-order valence-electron chi connectivity index (χ0n) is 22.1. The van der Waals surface area contributed by atoms with Gasteiger partial charge in [0.25, 0.3) is 0 Å². The van der Waals surface area contributed by atoms with Gasteiger partial charge in [0.15, 0.2) is 5.78 Å². The van der Waals surface area contributed by atoms with E-state index in [4.69, 9.17) is 0 Å². The largest absolute Gasteiger partial charge is 0.393 e. The van der Waals surface area contributed by atoms with E-state index in [0.29, 0.717) is 0 Å². The normalized spacial score (nSPS) is 13.8. The van der Waals surface area contributed by atoms with Gasteiger partial charge in [0, 0.05) is 0 Å². The number of hydrogen-bond acceptors (Lipinski definition) is 5. The maximum absolute atomic E-state index is 12.7. The van der Waals surface area contributed by atoms with Gasteiger partial charge in [0.2, 0.25) is 0 Å². The molecule has 2 N–H and O–H groups in total. The van der Waals surface area contributed by atoms with E-state index in [2.05, 4.69) is 24.4 Å². The molecule has 0 unspecified atom stereocenters. The number of allylic oxidation sites excluding steroid dienone is 1. The summed E-state index contributed by atoms with van der Waals surface area (Å²) in [7, 11) is 1.84. The number of aliphatic hydroxyl groups is 1. The molecule has 0 rings (SSSR count). The van der Waals surface area contributed by atoms with Crippen molar-refractivity contribution < 1.29 is 14.7 Å². The number of ketones is 2. The Bertz CT molecular complexity index is 555. The molecule has 188 valence electrons. The molecular weight excluding hydrogens is 400 g/mol. The first kappa shape index (κ1) is 31.0. The van der Waals surface area contributed by atoms with Crippen molar-refractivity contribution in [3.8, 4) is 0 Å². The van der Waals surface area contributed by atoms with E-state index in [9.17, 15) is 14.7 Å². The van der Waals surface area contributed by atoms with E-state index < -0.39 is 11.1 Å². The molecule has 0 fully saturated rings. The van der Waals surface area contributed by atoms with Crippen molar-refractivity contribution in [1.29, 1.82) is 0 Å². The van der Waals surface area contributed by atoms with E-state index in [-0.39, 0.29) is 24.2 Å². The van der Waals surface area contributed by atoms with Gasteiger partial charge < -0.3 is 10.4 Å². The topological polar surface area (TPSA) is 69.6 Å². The van der Waals surface area contributed by atoms with Gasteiger partial charge in [-0.3, -0.25) is 14.5 Å². The summed E-state index contributed by atoms with van der Waals surface area (Å²) in [5.41, 5.74) is -1.21. The fourth-order valence-electron chi connectivity index (χ4n) is 3.40. The SMILES string of the molecule is CCCC[C@@H](O)C/C=C\CCCCCCCCNC(C)(C)C(=O)CN(C)C(C)(C)C(C)=O. The zero-order valence-corrected chi connectivity index (χ0v) is 22.1. The summed E-state index contributed by atoms with van der Waals surface area (Å²) < 4.78 is 0. The third kappa shape index (κ3) is 13.5. The highest BCUT2D eigenvalue weighted by atomic mass is 16.3. The molecule has 0 aromatic carbocycles. The predicted molar refractivity (Wildman–Crippen MR) is 136 cm³/mol. The lowest BCUT2D eigenvalue weighted by atomic mass is 9.94. The number of carbonyl (C=O) groups excluding carboxylic acids is 2. The van der Waals surface area contributed by atoms with Crippen molar-refractivity contribution in [1.82, 2.24) is 10.2 Å². The minimum atomic E-state index is -0.628. The first-order valence-corrected chi connectivity index (χ1v) is 12.8. The molecule has 0 spiro atoms. The second-order valence-corrected chi connectivity index (χ2v) is 10.4. The average Bonchev–Trinajstić information content (AvgIpc) is 2.72. The van der Waals surface area contributed by atoms with Crippen molar-refractivity contribution in [3.05, 3.63) is 12.2 Å². The number of nitrogens with one attached hydrogen (secondary N) is 1. The first-order valence-electron chi connectivity index (χ1n) is 12.8. The fraction of sp³-hybridized carbons (Fsp3) is 0.852. The lowest BCUT2D eigenvalue weighted by Gasteiger charge is -2.35. The van der Waals surface area contributed by atoms with Crippen LogP contribution in [0.3, 0.4) is 0 Å². The number of rotatable bonds is 20. The molecule has 32 heavy (non-hydrogen) atoms. The van der Waals surface area contributed by atoms with Crippen LogP contribution >= 0.6 is 0 Å². The third-order valence-corrected chi connectivity index (χ3v) is 6.72. The molecular formula is C27H52N2O3. The summed E-state index contributed by atoms with van der Waals surface area (Å²) in [4.78, 5) is 26.3. The third-order valence-electron chi connectivity index (χ3n) is 6.72. The number of Topliss-reactive ketones (excluding diaryl/α,β-unsaturated/α-hetero) is 2. The van der Waals surface area contributed by atoms with Crippen LogP contribution in [-0.2, 0) is 9.59 Å². The quantitative estimate of drug-likeness (QED) is 0.190. The van der Waals surface area contributed by atoms with Crippen molar-refractivity contribution in [2.45, 2.75) is 129 Å². The van der Waals surface area contributed by atoms with Crippen LogP contribution in [0, 0.1) is 0 Å². The Balaban J connectivity index is 3.84. The highest BCUT2D eigenvalue weighted by Gasteiger charge is 2.34. The van der Waals surface area contributed by atoms with E-state index in [1.807, 2.05) is 39.6 Å². The molecule has 0 aromatic rings. The zero-order chi connectivity index (χ0) is 24.6. The minimum absolute atomic E-state index is 0.0656. The molecule has 0 saturated heterocycles. The molecule has 5 heteroatoms. The first-order chi connectivity index (χ1) is 14.9. The van der Waals surface area contributed by atoms with Crippen molar-refractivity contribution >= 4 is 11.6 Å². The Morgan fingerprint density at radius 3 is 2.16 bits per heavy atom. The second kappa shape index (κ2) is 16.6. The summed E-state index contributed by atoms with van der Waals surface area (Å²) in [5.74, 6) is 0.177. The molecule has 0 aliphatic carbocycles. The number of aliphatic hydroxyl groups excluding tert-OH is 1. The van der Waals surface area contributed by atoms with Crippen LogP contribution in [0.5, 0.6) is 0 Å². The average molecular weight is 453 g/mol. The lowest BCUT2D eigenvalue weighted by molar-refractivity contribution is -0.131. The Kier molecular flexibility index (Phi) is 16.0. The monoisotopic (exact) mass is 452 g/mol. The fourth-order valence-corrected chi connectivity index (χ4v) is 3.40. The Morgan fingerprint density at radius 1 is 0.969 bits per heavy atom. The summed E-state index contributed by atoms with van der Waals surface area (Å²) >= 11 is 0. The summed E-state index contributed by atoms with van der Waals surface area (Å²) in [6.45, 7) is 12.4. The minimum Gasteiger partial charge on any atom is -0.393 e. The second-order valence-electron chi connectivity index (χ2n) is 10.4. The molecule has 0 heterocycles. The van der Waals surface area contributed by atoms with Crippen LogP contribution in [0.1, 0.15) is 112 Å². The molecule has 0 amide bonds. The Hall–Kier alpha value is -1.04. The number of carbonyl (C=O) groups is 2. The number of hydrogen-bond donors (Lipinski definition) is 2. The molecule has 0 aliphatic heterocycles. The van der Waals surface area contributed by atoms with Gasteiger partial charge in [-0.1, -0.05) is 57.6 Å². The van der Waals surface area contributed by atoms with Gasteiger partial charge in [-0.05, 0) is 80.3 Å². The van der Waals surface area contributed by atoms with Crippen molar-refractivity contribution in [3.63, 3.8) is 0 Å². The van der Waals surface area contributed by atoms with E-state index in [1.54, 1.807) is 6.92 Å². The van der Waals surface area contributed by atoms with Crippen LogP contribution in [0.2, 0.25) is 0 Å². The lowest BCUT2D eigenvalue weighted by Crippen LogP contribution is -2.55. The van der Waals surface area contributed by atoms with Crippen LogP contribution < -0.4 is 5.32 Å². The molecule has 0 aromatic heterocycles. The number of likely N-dealkylation sites (N-methyl/N-ethyl adjacent to an activating group) is 1. The van der Waals surface area contributed by atoms with Crippen LogP contribution in [-0.4, -0.2) is 58.9 Å². The molecule has 0 radical (unpaired) electrons. The number of unbranched alkanes of at least 4 members (excludes halogenated alkanes) is 7. The van der Waals surface area contributed by atoms with Crippen LogP contribution in [0.4, 0.5) is 0 Å². The van der Waals surface area contributed by atoms with Crippen LogP contribution in [0.15, 0.2) is 12.2 Å². The smallest absolute Gasteiger partial charge is 0.166 e. The highest BCUT2D eigenvalue weighted by Crippen LogP contribution is 2.16. The summed E-state index contributed by atoms with van der Waals surface area (Å²) in [5, 5.41) is 13.2. The van der Waals surface area contributed by atoms with Gasteiger partial charge in [-0.25, -0.2) is 0 Å². The maximum atomic E-state index is 12.7. The highest BCUT2D eigenvalue weighted by molar-refractivity contribution is 5.91. The van der Waals surface area contributed by atoms with Gasteiger partial charge in [0.1, 0.15) is 5.78 Å².